The topological polar surface area (TPSA) is 73.6 Å². The molecule has 0 radical (unpaired) electrons. The number of halogens is 3. The number of alkyl halides is 3. The maximum absolute atomic E-state index is 12.3. The fourth-order valence-corrected chi connectivity index (χ4v) is 2.26. The van der Waals surface area contributed by atoms with Crippen molar-refractivity contribution in [2.24, 2.45) is 0 Å². The molecule has 2 aromatic heterocycles. The van der Waals surface area contributed by atoms with Crippen molar-refractivity contribution in [2.45, 2.75) is 5.51 Å². The van der Waals surface area contributed by atoms with Crippen molar-refractivity contribution in [1.82, 2.24) is 14.6 Å². The Hall–Kier alpha value is -2.62. The molecule has 0 N–H and O–H groups in total. The van der Waals surface area contributed by atoms with Crippen LogP contribution in [0.2, 0.25) is 0 Å². The van der Waals surface area contributed by atoms with Gasteiger partial charge in [-0.05, 0) is 12.1 Å². The first-order valence-electron chi connectivity index (χ1n) is 6.19. The van der Waals surface area contributed by atoms with Crippen molar-refractivity contribution in [3.63, 3.8) is 0 Å². The maximum atomic E-state index is 12.3. The lowest BCUT2D eigenvalue weighted by Gasteiger charge is -2.08. The molecular weight excluding hydrogens is 335 g/mol. The third-order valence-electron chi connectivity index (χ3n) is 2.91. The van der Waals surface area contributed by atoms with Crippen LogP contribution in [0, 0.1) is 0 Å². The molecule has 23 heavy (non-hydrogen) atoms. The van der Waals surface area contributed by atoms with Gasteiger partial charge in [0.2, 0.25) is 0 Å². The summed E-state index contributed by atoms with van der Waals surface area (Å²) in [7, 11) is -5.82. The van der Waals surface area contributed by atoms with Gasteiger partial charge in [0.1, 0.15) is 0 Å². The minimum Gasteiger partial charge on any atom is -0.335 e. The Labute approximate surface area is 128 Å². The molecule has 0 atom stereocenters. The highest BCUT2D eigenvalue weighted by Crippen LogP contribution is 2.26. The van der Waals surface area contributed by atoms with Gasteiger partial charge in [-0.3, -0.25) is 0 Å². The Balaban J connectivity index is 2.06. The Morgan fingerprint density at radius 3 is 2.39 bits per heavy atom. The molecule has 0 amide bonds. The number of fused-ring (bicyclic) bond motifs is 1. The Kier molecular flexibility index (Phi) is 3.48. The molecule has 3 aromatic rings. The first kappa shape index (κ1) is 15.3. The highest BCUT2D eigenvalue weighted by atomic mass is 32.2. The fourth-order valence-electron chi connectivity index (χ4n) is 1.90. The average Bonchev–Trinajstić information content (AvgIpc) is 2.89. The summed E-state index contributed by atoms with van der Waals surface area (Å²) in [4.78, 5) is 3.48. The standard InChI is InChI=1S/C13H8F3N3O3S/c14-13(15,16)23(20,21)22-12-17-8-10-6-7-11(19(10)18-12)9-4-2-1-3-5-9/h1-8H. The van der Waals surface area contributed by atoms with E-state index < -0.39 is 21.6 Å². The second-order valence-corrected chi connectivity index (χ2v) is 5.98. The lowest BCUT2D eigenvalue weighted by atomic mass is 10.2. The van der Waals surface area contributed by atoms with E-state index in [0.29, 0.717) is 11.2 Å². The van der Waals surface area contributed by atoms with Crippen LogP contribution < -0.4 is 4.18 Å². The lowest BCUT2D eigenvalue weighted by Crippen LogP contribution is -2.28. The first-order chi connectivity index (χ1) is 10.8. The quantitative estimate of drug-likeness (QED) is 0.540. The van der Waals surface area contributed by atoms with E-state index in [1.165, 1.54) is 10.7 Å². The number of nitrogens with zero attached hydrogens (tertiary/aromatic N) is 3. The minimum atomic E-state index is -5.82. The zero-order valence-corrected chi connectivity index (χ0v) is 12.0. The number of hydrogen-bond donors (Lipinski definition) is 0. The maximum Gasteiger partial charge on any atom is 0.534 e. The SMILES string of the molecule is O=S(=O)(Oc1ncc2ccc(-c3ccccc3)n2n1)C(F)(F)F. The molecule has 6 nitrogen and oxygen atoms in total. The Morgan fingerprint density at radius 2 is 1.74 bits per heavy atom. The summed E-state index contributed by atoms with van der Waals surface area (Å²) in [6.45, 7) is 0. The summed E-state index contributed by atoms with van der Waals surface area (Å²) >= 11 is 0. The van der Waals surface area contributed by atoms with Crippen molar-refractivity contribution < 1.29 is 25.8 Å². The van der Waals surface area contributed by atoms with Crippen LogP contribution in [-0.2, 0) is 10.1 Å². The van der Waals surface area contributed by atoms with Gasteiger partial charge in [-0.25, -0.2) is 4.52 Å². The number of hydrogen-bond acceptors (Lipinski definition) is 5. The molecule has 1 aromatic carbocycles. The van der Waals surface area contributed by atoms with Crippen molar-refractivity contribution in [2.75, 3.05) is 0 Å². The number of benzene rings is 1. The molecule has 0 bridgehead atoms. The molecule has 0 spiro atoms. The highest BCUT2D eigenvalue weighted by molar-refractivity contribution is 7.87. The van der Waals surface area contributed by atoms with Gasteiger partial charge < -0.3 is 4.18 Å². The molecule has 0 aliphatic rings. The highest BCUT2D eigenvalue weighted by Gasteiger charge is 2.49. The van der Waals surface area contributed by atoms with Crippen molar-refractivity contribution in [3.8, 4) is 17.3 Å². The molecule has 0 unspecified atom stereocenters. The van der Waals surface area contributed by atoms with Crippen LogP contribution in [0.3, 0.4) is 0 Å². The summed E-state index contributed by atoms with van der Waals surface area (Å²) in [6, 6.07) is 11.3. The molecule has 120 valence electrons. The molecule has 0 aliphatic heterocycles. The minimum absolute atomic E-state index is 0.473. The van der Waals surface area contributed by atoms with Crippen molar-refractivity contribution in [3.05, 3.63) is 48.7 Å². The van der Waals surface area contributed by atoms with Gasteiger partial charge in [0.05, 0.1) is 17.4 Å². The van der Waals surface area contributed by atoms with E-state index in [-0.39, 0.29) is 0 Å². The molecule has 3 rings (SSSR count). The van der Waals surface area contributed by atoms with Gasteiger partial charge in [-0.2, -0.15) is 26.6 Å². The number of rotatable bonds is 3. The first-order valence-corrected chi connectivity index (χ1v) is 7.60. The van der Waals surface area contributed by atoms with Gasteiger partial charge >= 0.3 is 21.6 Å². The average molecular weight is 343 g/mol. The zero-order chi connectivity index (χ0) is 16.7. The van der Waals surface area contributed by atoms with E-state index >= 15 is 0 Å². The van der Waals surface area contributed by atoms with E-state index in [1.807, 2.05) is 0 Å². The van der Waals surface area contributed by atoms with Crippen molar-refractivity contribution in [1.29, 1.82) is 0 Å². The van der Waals surface area contributed by atoms with Crippen LogP contribution in [0.5, 0.6) is 6.01 Å². The van der Waals surface area contributed by atoms with E-state index in [1.54, 1.807) is 42.5 Å². The van der Waals surface area contributed by atoms with Gasteiger partial charge in [-0.15, -0.1) is 5.10 Å². The van der Waals surface area contributed by atoms with Gasteiger partial charge in [-0.1, -0.05) is 30.3 Å². The third kappa shape index (κ3) is 2.84. The summed E-state index contributed by atoms with van der Waals surface area (Å²) in [5.74, 6) is 0. The Bertz CT molecular complexity index is 953. The Morgan fingerprint density at radius 1 is 1.04 bits per heavy atom. The molecule has 0 saturated heterocycles. The van der Waals surface area contributed by atoms with Gasteiger partial charge in [0.15, 0.2) is 0 Å². The molecule has 0 fully saturated rings. The molecule has 10 heteroatoms. The molecular formula is C13H8F3N3O3S. The fraction of sp³-hybridized carbons (Fsp3) is 0.0769. The molecule has 0 saturated carbocycles. The summed E-state index contributed by atoms with van der Waals surface area (Å²) in [6.07, 6.45) is 1.17. The third-order valence-corrected chi connectivity index (χ3v) is 3.85. The smallest absolute Gasteiger partial charge is 0.335 e. The predicted molar refractivity (Wildman–Crippen MR) is 74.0 cm³/mol. The normalized spacial score (nSPS) is 12.5. The second kappa shape index (κ2) is 5.23. The van der Waals surface area contributed by atoms with E-state index in [9.17, 15) is 21.6 Å². The van der Waals surface area contributed by atoms with Crippen LogP contribution in [0.15, 0.2) is 48.7 Å². The van der Waals surface area contributed by atoms with Gasteiger partial charge in [0, 0.05) is 5.56 Å². The van der Waals surface area contributed by atoms with Gasteiger partial charge in [0.25, 0.3) is 0 Å². The largest absolute Gasteiger partial charge is 0.534 e. The van der Waals surface area contributed by atoms with Crippen LogP contribution in [0.25, 0.3) is 16.8 Å². The van der Waals surface area contributed by atoms with Crippen molar-refractivity contribution >= 4 is 15.6 Å². The lowest BCUT2D eigenvalue weighted by molar-refractivity contribution is -0.0503. The van der Waals surface area contributed by atoms with Crippen LogP contribution in [0.1, 0.15) is 0 Å². The second-order valence-electron chi connectivity index (χ2n) is 4.45. The monoisotopic (exact) mass is 343 g/mol. The van der Waals surface area contributed by atoms with Crippen LogP contribution in [-0.4, -0.2) is 28.5 Å². The van der Waals surface area contributed by atoms with E-state index in [2.05, 4.69) is 14.3 Å². The molecule has 0 aliphatic carbocycles. The molecule has 2 heterocycles. The van der Waals surface area contributed by atoms with E-state index in [0.717, 1.165) is 5.56 Å². The van der Waals surface area contributed by atoms with Crippen LogP contribution >= 0.6 is 0 Å². The summed E-state index contributed by atoms with van der Waals surface area (Å²) < 4.78 is 64.2. The summed E-state index contributed by atoms with van der Waals surface area (Å²) in [5, 5.41) is 3.71. The van der Waals surface area contributed by atoms with Crippen LogP contribution in [0.4, 0.5) is 13.2 Å². The predicted octanol–water partition coefficient (Wildman–Crippen LogP) is 2.62. The van der Waals surface area contributed by atoms with E-state index in [4.69, 9.17) is 0 Å². The zero-order valence-electron chi connectivity index (χ0n) is 11.2. The number of aromatic nitrogens is 3. The summed E-state index contributed by atoms with van der Waals surface area (Å²) in [5.41, 5.74) is -3.78.